The second-order valence-electron chi connectivity index (χ2n) is 8.12. The van der Waals surface area contributed by atoms with Crippen LogP contribution in [0, 0.1) is 25.7 Å². The normalized spacial score (nSPS) is 24.2. The summed E-state index contributed by atoms with van der Waals surface area (Å²) in [5.74, 6) is 0.940. The number of amides is 2. The van der Waals surface area contributed by atoms with Crippen LogP contribution >= 0.6 is 0 Å². The van der Waals surface area contributed by atoms with Crippen LogP contribution in [0.4, 0.5) is 10.5 Å². The van der Waals surface area contributed by atoms with Crippen molar-refractivity contribution in [3.8, 4) is 0 Å². The van der Waals surface area contributed by atoms with Crippen LogP contribution in [0.15, 0.2) is 42.6 Å². The van der Waals surface area contributed by atoms with Crippen molar-refractivity contribution in [2.75, 3.05) is 38.6 Å². The maximum atomic E-state index is 12.9. The molecule has 0 unspecified atom stereocenters. The van der Waals surface area contributed by atoms with E-state index in [0.717, 1.165) is 25.3 Å². The van der Waals surface area contributed by atoms with E-state index in [-0.39, 0.29) is 12.1 Å². The molecule has 2 aliphatic rings. The summed E-state index contributed by atoms with van der Waals surface area (Å²) >= 11 is 0. The molecule has 27 heavy (non-hydrogen) atoms. The van der Waals surface area contributed by atoms with Crippen molar-refractivity contribution in [3.63, 3.8) is 0 Å². The summed E-state index contributed by atoms with van der Waals surface area (Å²) < 4.78 is 0. The number of likely N-dealkylation sites (tertiary alicyclic amines) is 1. The first-order valence-corrected chi connectivity index (χ1v) is 9.66. The third-order valence-electron chi connectivity index (χ3n) is 6.04. The van der Waals surface area contributed by atoms with Crippen LogP contribution in [0.1, 0.15) is 22.9 Å². The lowest BCUT2D eigenvalue weighted by Gasteiger charge is -2.33. The standard InChI is InChI=1S/C22H28N4O/c1-15-7-5-6-8-19(15)21-20-14-25(18-9-10-23-16(2)11-18)12-17(20)13-26(21)22(27)24(3)4/h5-11,17,20-21H,12-14H2,1-4H3/t17-,20-,21+/m1/s1. The number of anilines is 1. The molecule has 3 atom stereocenters. The highest BCUT2D eigenvalue weighted by atomic mass is 16.2. The Morgan fingerprint density at radius 3 is 2.59 bits per heavy atom. The van der Waals surface area contributed by atoms with E-state index in [1.165, 1.54) is 16.8 Å². The van der Waals surface area contributed by atoms with Gasteiger partial charge in [0.05, 0.1) is 6.04 Å². The van der Waals surface area contributed by atoms with Crippen LogP contribution in [0.25, 0.3) is 0 Å². The molecule has 3 heterocycles. The van der Waals surface area contributed by atoms with Gasteiger partial charge in [0.2, 0.25) is 0 Å². The van der Waals surface area contributed by atoms with E-state index in [9.17, 15) is 4.79 Å². The summed E-state index contributed by atoms with van der Waals surface area (Å²) in [7, 11) is 3.69. The van der Waals surface area contributed by atoms with Crippen molar-refractivity contribution in [3.05, 3.63) is 59.4 Å². The molecule has 1 aromatic heterocycles. The largest absolute Gasteiger partial charge is 0.371 e. The number of carbonyl (C=O) groups is 1. The smallest absolute Gasteiger partial charge is 0.320 e. The van der Waals surface area contributed by atoms with Gasteiger partial charge < -0.3 is 14.7 Å². The number of hydrogen-bond donors (Lipinski definition) is 0. The number of urea groups is 1. The lowest BCUT2D eigenvalue weighted by molar-refractivity contribution is 0.159. The summed E-state index contributed by atoms with van der Waals surface area (Å²) in [6, 6.07) is 13.0. The third-order valence-corrected chi connectivity index (χ3v) is 6.04. The van der Waals surface area contributed by atoms with Crippen LogP contribution in [0.2, 0.25) is 0 Å². The van der Waals surface area contributed by atoms with Gasteiger partial charge >= 0.3 is 6.03 Å². The van der Waals surface area contributed by atoms with Crippen LogP contribution in [0.5, 0.6) is 0 Å². The number of fused-ring (bicyclic) bond motifs is 1. The Bertz CT molecular complexity index is 850. The molecule has 2 aromatic rings. The van der Waals surface area contributed by atoms with Gasteiger partial charge in [-0.3, -0.25) is 4.98 Å². The summed E-state index contributed by atoms with van der Waals surface area (Å²) in [4.78, 5) is 23.5. The number of carbonyl (C=O) groups excluding carboxylic acids is 1. The molecule has 4 rings (SSSR count). The number of nitrogens with zero attached hydrogens (tertiary/aromatic N) is 4. The van der Waals surface area contributed by atoms with Gasteiger partial charge in [0.15, 0.2) is 0 Å². The molecule has 0 spiro atoms. The van der Waals surface area contributed by atoms with E-state index in [0.29, 0.717) is 11.8 Å². The molecule has 2 saturated heterocycles. The van der Waals surface area contributed by atoms with Crippen LogP contribution in [0.3, 0.4) is 0 Å². The first-order chi connectivity index (χ1) is 13.0. The molecule has 0 N–H and O–H groups in total. The molecule has 5 nitrogen and oxygen atoms in total. The second-order valence-corrected chi connectivity index (χ2v) is 8.12. The van der Waals surface area contributed by atoms with Gasteiger partial charge in [0, 0.05) is 63.1 Å². The van der Waals surface area contributed by atoms with Gasteiger partial charge in [-0.25, -0.2) is 4.79 Å². The lowest BCUT2D eigenvalue weighted by Crippen LogP contribution is -2.41. The van der Waals surface area contributed by atoms with Crippen molar-refractivity contribution in [2.45, 2.75) is 19.9 Å². The molecular weight excluding hydrogens is 336 g/mol. The van der Waals surface area contributed by atoms with Crippen molar-refractivity contribution in [1.82, 2.24) is 14.8 Å². The van der Waals surface area contributed by atoms with Gasteiger partial charge in [-0.1, -0.05) is 24.3 Å². The first kappa shape index (κ1) is 17.8. The highest BCUT2D eigenvalue weighted by molar-refractivity contribution is 5.75. The average Bonchev–Trinajstić information content (AvgIpc) is 3.19. The maximum Gasteiger partial charge on any atom is 0.320 e. The number of aryl methyl sites for hydroxylation is 2. The topological polar surface area (TPSA) is 39.7 Å². The molecule has 2 amide bonds. The van der Waals surface area contributed by atoms with E-state index in [4.69, 9.17) is 0 Å². The number of pyridine rings is 1. The van der Waals surface area contributed by atoms with Gasteiger partial charge in [-0.2, -0.15) is 0 Å². The van der Waals surface area contributed by atoms with Crippen LogP contribution in [-0.2, 0) is 0 Å². The minimum absolute atomic E-state index is 0.115. The number of hydrogen-bond acceptors (Lipinski definition) is 3. The zero-order chi connectivity index (χ0) is 19.1. The van der Waals surface area contributed by atoms with Crippen molar-refractivity contribution >= 4 is 11.7 Å². The molecule has 142 valence electrons. The predicted octanol–water partition coefficient (Wildman–Crippen LogP) is 3.49. The summed E-state index contributed by atoms with van der Waals surface area (Å²) in [6.45, 7) is 6.98. The van der Waals surface area contributed by atoms with Gasteiger partial charge in [0.25, 0.3) is 0 Å². The van der Waals surface area contributed by atoms with Crippen LogP contribution < -0.4 is 4.90 Å². The van der Waals surface area contributed by atoms with E-state index in [1.807, 2.05) is 27.2 Å². The Morgan fingerprint density at radius 2 is 1.89 bits per heavy atom. The lowest BCUT2D eigenvalue weighted by atomic mass is 9.88. The molecular formula is C22H28N4O. The van der Waals surface area contributed by atoms with E-state index in [2.05, 4.69) is 58.1 Å². The Morgan fingerprint density at radius 1 is 1.11 bits per heavy atom. The highest BCUT2D eigenvalue weighted by Gasteiger charge is 2.49. The fourth-order valence-corrected chi connectivity index (χ4v) is 4.75. The maximum absolute atomic E-state index is 12.9. The Balaban J connectivity index is 1.67. The SMILES string of the molecule is Cc1cc(N2C[C@@H]3CN(C(=O)N(C)C)[C@@H](c4ccccc4C)[C@@H]3C2)ccn1. The molecule has 5 heteroatoms. The quantitative estimate of drug-likeness (QED) is 0.819. The molecule has 1 aromatic carbocycles. The average molecular weight is 364 g/mol. The van der Waals surface area contributed by atoms with Crippen molar-refractivity contribution in [2.24, 2.45) is 11.8 Å². The Labute approximate surface area is 161 Å². The minimum atomic E-state index is 0.115. The van der Waals surface area contributed by atoms with E-state index in [1.54, 1.807) is 4.90 Å². The van der Waals surface area contributed by atoms with Crippen molar-refractivity contribution < 1.29 is 4.79 Å². The van der Waals surface area contributed by atoms with E-state index >= 15 is 0 Å². The number of aromatic nitrogens is 1. The number of benzene rings is 1. The predicted molar refractivity (Wildman–Crippen MR) is 108 cm³/mol. The minimum Gasteiger partial charge on any atom is -0.371 e. The molecule has 0 radical (unpaired) electrons. The fraction of sp³-hybridized carbons (Fsp3) is 0.455. The van der Waals surface area contributed by atoms with E-state index < -0.39 is 0 Å². The third kappa shape index (κ3) is 3.15. The molecule has 2 aliphatic heterocycles. The van der Waals surface area contributed by atoms with Gasteiger partial charge in [-0.05, 0) is 37.1 Å². The molecule has 0 saturated carbocycles. The molecule has 2 fully saturated rings. The monoisotopic (exact) mass is 364 g/mol. The number of rotatable bonds is 2. The zero-order valence-corrected chi connectivity index (χ0v) is 16.6. The molecule has 0 bridgehead atoms. The summed E-state index contributed by atoms with van der Waals surface area (Å²) in [5.41, 5.74) is 4.83. The fourth-order valence-electron chi connectivity index (χ4n) is 4.75. The first-order valence-electron chi connectivity index (χ1n) is 9.66. The molecule has 0 aliphatic carbocycles. The summed E-state index contributed by atoms with van der Waals surface area (Å²) in [6.07, 6.45) is 1.89. The highest BCUT2D eigenvalue weighted by Crippen LogP contribution is 2.46. The van der Waals surface area contributed by atoms with Crippen molar-refractivity contribution in [1.29, 1.82) is 0 Å². The van der Waals surface area contributed by atoms with Gasteiger partial charge in [0.1, 0.15) is 0 Å². The Kier molecular flexibility index (Phi) is 4.54. The van der Waals surface area contributed by atoms with Crippen LogP contribution in [-0.4, -0.2) is 54.5 Å². The van der Waals surface area contributed by atoms with Gasteiger partial charge in [-0.15, -0.1) is 0 Å². The second kappa shape index (κ2) is 6.87. The summed E-state index contributed by atoms with van der Waals surface area (Å²) in [5, 5.41) is 0. The Hall–Kier alpha value is -2.56. The zero-order valence-electron chi connectivity index (χ0n) is 16.6.